The van der Waals surface area contributed by atoms with Gasteiger partial charge in [0, 0.05) is 20.2 Å². The fraction of sp³-hybridized carbons (Fsp3) is 0.529. The van der Waals surface area contributed by atoms with Crippen LogP contribution in [0.25, 0.3) is 10.2 Å². The van der Waals surface area contributed by atoms with Crippen LogP contribution in [0.3, 0.4) is 0 Å². The number of nitrogens with zero attached hydrogens (tertiary/aromatic N) is 3. The van der Waals surface area contributed by atoms with E-state index in [9.17, 15) is 17.6 Å². The number of sulfonamides is 1. The van der Waals surface area contributed by atoms with Gasteiger partial charge in [-0.1, -0.05) is 17.8 Å². The number of ether oxygens (including phenoxy) is 1. The Balaban J connectivity index is 2.04. The van der Waals surface area contributed by atoms with Crippen LogP contribution in [0.2, 0.25) is 0 Å². The zero-order valence-corrected chi connectivity index (χ0v) is 16.9. The van der Waals surface area contributed by atoms with Crippen molar-refractivity contribution in [3.63, 3.8) is 0 Å². The van der Waals surface area contributed by atoms with E-state index in [1.165, 1.54) is 27.8 Å². The van der Waals surface area contributed by atoms with E-state index in [1.54, 1.807) is 17.7 Å². The molecule has 1 aromatic carbocycles. The number of thiazole rings is 1. The van der Waals surface area contributed by atoms with E-state index in [0.29, 0.717) is 35.6 Å². The number of piperidine rings is 1. The van der Waals surface area contributed by atoms with Gasteiger partial charge in [-0.15, -0.1) is 0 Å². The molecule has 1 aliphatic rings. The van der Waals surface area contributed by atoms with Gasteiger partial charge >= 0.3 is 0 Å². The van der Waals surface area contributed by atoms with Crippen molar-refractivity contribution in [3.8, 4) is 0 Å². The highest BCUT2D eigenvalue weighted by Crippen LogP contribution is 2.22. The number of benzene rings is 1. The van der Waals surface area contributed by atoms with Gasteiger partial charge < -0.3 is 9.30 Å². The van der Waals surface area contributed by atoms with Crippen LogP contribution < -0.4 is 4.80 Å². The predicted octanol–water partition coefficient (Wildman–Crippen LogP) is 1.73. The Labute approximate surface area is 161 Å². The molecule has 1 amide bonds. The third-order valence-electron chi connectivity index (χ3n) is 4.53. The van der Waals surface area contributed by atoms with Crippen molar-refractivity contribution in [2.45, 2.75) is 31.8 Å². The van der Waals surface area contributed by atoms with Gasteiger partial charge in [0.15, 0.2) is 4.80 Å². The van der Waals surface area contributed by atoms with Crippen LogP contribution in [0, 0.1) is 5.82 Å². The highest BCUT2D eigenvalue weighted by Gasteiger charge is 2.34. The summed E-state index contributed by atoms with van der Waals surface area (Å²) in [7, 11) is -1.92. The zero-order valence-electron chi connectivity index (χ0n) is 15.2. The number of amides is 1. The van der Waals surface area contributed by atoms with Gasteiger partial charge in [0.1, 0.15) is 11.9 Å². The average Bonchev–Trinajstić information content (AvgIpc) is 2.95. The summed E-state index contributed by atoms with van der Waals surface area (Å²) < 4.78 is 46.4. The molecule has 1 unspecified atom stereocenters. The van der Waals surface area contributed by atoms with Crippen molar-refractivity contribution in [3.05, 3.63) is 28.8 Å². The Morgan fingerprint density at radius 1 is 1.41 bits per heavy atom. The first-order valence-corrected chi connectivity index (χ1v) is 11.3. The number of halogens is 1. The van der Waals surface area contributed by atoms with Gasteiger partial charge in [0.05, 0.1) is 23.1 Å². The Kier molecular flexibility index (Phi) is 6.09. The second kappa shape index (κ2) is 8.17. The Morgan fingerprint density at radius 2 is 2.19 bits per heavy atom. The smallest absolute Gasteiger partial charge is 0.266 e. The summed E-state index contributed by atoms with van der Waals surface area (Å²) in [5, 5.41) is 0. The molecule has 1 fully saturated rings. The summed E-state index contributed by atoms with van der Waals surface area (Å²) in [5.74, 6) is -0.852. The fourth-order valence-electron chi connectivity index (χ4n) is 3.25. The number of carbonyl (C=O) groups excluding carboxylic acids is 1. The van der Waals surface area contributed by atoms with E-state index in [2.05, 4.69) is 4.99 Å². The lowest BCUT2D eigenvalue weighted by Crippen LogP contribution is -2.47. The number of methoxy groups -OCH3 is 1. The van der Waals surface area contributed by atoms with Gasteiger partial charge in [-0.05, 0) is 31.0 Å². The van der Waals surface area contributed by atoms with Crippen molar-refractivity contribution in [1.29, 1.82) is 0 Å². The summed E-state index contributed by atoms with van der Waals surface area (Å²) in [5.41, 5.74) is 0.758. The average molecular weight is 416 g/mol. The molecular formula is C17H22FN3O4S2. The van der Waals surface area contributed by atoms with Crippen LogP contribution >= 0.6 is 11.3 Å². The molecule has 27 heavy (non-hydrogen) atoms. The van der Waals surface area contributed by atoms with Crippen molar-refractivity contribution in [2.75, 3.05) is 26.5 Å². The molecule has 0 aliphatic carbocycles. The van der Waals surface area contributed by atoms with Gasteiger partial charge in [-0.3, -0.25) is 4.79 Å². The highest BCUT2D eigenvalue weighted by atomic mass is 32.2. The Hall–Kier alpha value is -1.62. The molecule has 1 aromatic heterocycles. The molecule has 1 atom stereocenters. The van der Waals surface area contributed by atoms with Gasteiger partial charge in [0.25, 0.3) is 5.91 Å². The lowest BCUT2D eigenvalue weighted by molar-refractivity contribution is -0.122. The number of rotatable bonds is 5. The van der Waals surface area contributed by atoms with Crippen molar-refractivity contribution in [2.24, 2.45) is 4.99 Å². The molecule has 1 saturated heterocycles. The minimum atomic E-state index is -3.49. The van der Waals surface area contributed by atoms with E-state index < -0.39 is 22.0 Å². The molecule has 2 aromatic rings. The van der Waals surface area contributed by atoms with Crippen LogP contribution in [-0.2, 0) is 26.1 Å². The number of carbonyl (C=O) groups is 1. The van der Waals surface area contributed by atoms with Gasteiger partial charge in [0.2, 0.25) is 10.0 Å². The predicted molar refractivity (Wildman–Crippen MR) is 101 cm³/mol. The topological polar surface area (TPSA) is 81.0 Å². The van der Waals surface area contributed by atoms with E-state index in [-0.39, 0.29) is 5.82 Å². The van der Waals surface area contributed by atoms with Crippen LogP contribution in [0.15, 0.2) is 23.2 Å². The molecule has 10 heteroatoms. The summed E-state index contributed by atoms with van der Waals surface area (Å²) >= 11 is 1.20. The molecule has 7 nitrogen and oxygen atoms in total. The summed E-state index contributed by atoms with van der Waals surface area (Å²) in [4.78, 5) is 17.4. The lowest BCUT2D eigenvalue weighted by atomic mass is 10.0. The first-order valence-electron chi connectivity index (χ1n) is 8.64. The minimum absolute atomic E-state index is 0.325. The molecule has 148 valence electrons. The number of hydrogen-bond donors (Lipinski definition) is 0. The molecule has 0 spiro atoms. The maximum absolute atomic E-state index is 13.6. The van der Waals surface area contributed by atoms with Crippen molar-refractivity contribution in [1.82, 2.24) is 8.87 Å². The largest absolute Gasteiger partial charge is 0.383 e. The molecule has 0 bridgehead atoms. The molecule has 1 aliphatic heterocycles. The second-order valence-corrected chi connectivity index (χ2v) is 9.42. The normalized spacial score (nSPS) is 19.7. The van der Waals surface area contributed by atoms with E-state index >= 15 is 0 Å². The first kappa shape index (κ1) is 20.1. The summed E-state index contributed by atoms with van der Waals surface area (Å²) in [6, 6.07) is 3.61. The molecule has 0 N–H and O–H groups in total. The van der Waals surface area contributed by atoms with Crippen LogP contribution in [0.5, 0.6) is 0 Å². The fourth-order valence-corrected chi connectivity index (χ4v) is 5.45. The van der Waals surface area contributed by atoms with Crippen molar-refractivity contribution < 1.29 is 22.3 Å². The molecule has 0 radical (unpaired) electrons. The van der Waals surface area contributed by atoms with E-state index in [0.717, 1.165) is 24.6 Å². The molecule has 2 heterocycles. The third kappa shape index (κ3) is 4.45. The Morgan fingerprint density at radius 3 is 2.89 bits per heavy atom. The number of fused-ring (bicyclic) bond motifs is 1. The second-order valence-electron chi connectivity index (χ2n) is 6.48. The highest BCUT2D eigenvalue weighted by molar-refractivity contribution is 7.88. The molecular weight excluding hydrogens is 393 g/mol. The standard InChI is InChI=1S/C17H22FN3O4S2/c1-25-10-9-20-13-7-6-12(18)11-15(13)26-17(20)19-16(22)14-5-3-4-8-21(14)27(2,23)24/h6-7,11,14H,3-5,8-10H2,1-2H3. The summed E-state index contributed by atoms with van der Waals surface area (Å²) in [6.07, 6.45) is 3.07. The zero-order chi connectivity index (χ0) is 19.6. The number of aromatic nitrogens is 1. The molecule has 0 saturated carbocycles. The van der Waals surface area contributed by atoms with Gasteiger partial charge in [-0.2, -0.15) is 9.30 Å². The van der Waals surface area contributed by atoms with Crippen LogP contribution in [0.1, 0.15) is 19.3 Å². The summed E-state index contributed by atoms with van der Waals surface area (Å²) in [6.45, 7) is 1.18. The number of hydrogen-bond acceptors (Lipinski definition) is 5. The lowest BCUT2D eigenvalue weighted by Gasteiger charge is -2.31. The quantitative estimate of drug-likeness (QED) is 0.745. The third-order valence-corrected chi connectivity index (χ3v) is 6.86. The monoisotopic (exact) mass is 415 g/mol. The van der Waals surface area contributed by atoms with Crippen LogP contribution in [0.4, 0.5) is 4.39 Å². The molecule has 3 rings (SSSR count). The van der Waals surface area contributed by atoms with Crippen LogP contribution in [-0.4, -0.2) is 55.8 Å². The first-order chi connectivity index (χ1) is 12.8. The maximum atomic E-state index is 13.6. The minimum Gasteiger partial charge on any atom is -0.383 e. The SMILES string of the molecule is COCCn1c(=NC(=O)C2CCCCN2S(C)(=O)=O)sc2cc(F)ccc21. The van der Waals surface area contributed by atoms with E-state index in [1.807, 2.05) is 0 Å². The van der Waals surface area contributed by atoms with Crippen molar-refractivity contribution >= 4 is 37.5 Å². The maximum Gasteiger partial charge on any atom is 0.266 e. The van der Waals surface area contributed by atoms with E-state index in [4.69, 9.17) is 4.74 Å². The van der Waals surface area contributed by atoms with Gasteiger partial charge in [-0.25, -0.2) is 12.8 Å². The Bertz CT molecular complexity index is 1010.